The molecule has 132 valence electrons. The molecule has 2 N–H and O–H groups in total. The molecule has 26 heavy (non-hydrogen) atoms. The highest BCUT2D eigenvalue weighted by molar-refractivity contribution is 8.18. The van der Waals surface area contributed by atoms with Crippen molar-refractivity contribution in [2.24, 2.45) is 0 Å². The Bertz CT molecular complexity index is 929. The molecule has 3 amide bonds. The van der Waals surface area contributed by atoms with Gasteiger partial charge in [0, 0.05) is 5.56 Å². The third kappa shape index (κ3) is 3.75. The number of amides is 3. The quantitative estimate of drug-likeness (QED) is 0.636. The lowest BCUT2D eigenvalue weighted by molar-refractivity contribution is -0.127. The predicted octanol–water partition coefficient (Wildman–Crippen LogP) is 3.21. The number of anilines is 1. The molecular weight excluding hydrogens is 359 g/mol. The monoisotopic (exact) mass is 372 g/mol. The second-order valence-electron chi connectivity index (χ2n) is 5.35. The maximum absolute atomic E-state index is 13.7. The van der Waals surface area contributed by atoms with Crippen molar-refractivity contribution >= 4 is 40.6 Å². The molecule has 1 heterocycles. The number of benzene rings is 2. The van der Waals surface area contributed by atoms with Crippen molar-refractivity contribution in [3.8, 4) is 5.75 Å². The van der Waals surface area contributed by atoms with E-state index in [0.29, 0.717) is 11.8 Å². The van der Waals surface area contributed by atoms with E-state index < -0.39 is 29.4 Å². The van der Waals surface area contributed by atoms with Crippen LogP contribution in [0.25, 0.3) is 6.08 Å². The number of thioether (sulfide) groups is 1. The fourth-order valence-corrected chi connectivity index (χ4v) is 3.11. The van der Waals surface area contributed by atoms with E-state index >= 15 is 0 Å². The second-order valence-corrected chi connectivity index (χ2v) is 6.35. The summed E-state index contributed by atoms with van der Waals surface area (Å²) >= 11 is 0.639. The molecule has 8 heteroatoms. The van der Waals surface area contributed by atoms with E-state index in [1.54, 1.807) is 18.2 Å². The smallest absolute Gasteiger partial charge is 0.294 e. The van der Waals surface area contributed by atoms with Crippen LogP contribution >= 0.6 is 11.8 Å². The maximum Gasteiger partial charge on any atom is 0.294 e. The van der Waals surface area contributed by atoms with E-state index in [9.17, 15) is 23.9 Å². The molecule has 0 aromatic heterocycles. The standard InChI is InChI=1S/C18H13FN2O4S/c19-12-6-2-1-5-11(12)9-15-17(24)21(18(25)26-15)10-16(23)20-13-7-3-4-8-14(13)22/h1-9,22H,10H2,(H,20,23). The summed E-state index contributed by atoms with van der Waals surface area (Å²) in [6.45, 7) is -0.506. The highest BCUT2D eigenvalue weighted by Gasteiger charge is 2.36. The van der Waals surface area contributed by atoms with Gasteiger partial charge in [-0.1, -0.05) is 30.3 Å². The zero-order chi connectivity index (χ0) is 18.7. The largest absolute Gasteiger partial charge is 0.506 e. The van der Waals surface area contributed by atoms with Crippen molar-refractivity contribution in [3.05, 3.63) is 64.8 Å². The number of imide groups is 1. The number of nitrogens with one attached hydrogen (secondary N) is 1. The molecule has 3 rings (SSSR count). The molecule has 0 atom stereocenters. The van der Waals surface area contributed by atoms with Gasteiger partial charge in [0.05, 0.1) is 10.6 Å². The summed E-state index contributed by atoms with van der Waals surface area (Å²) in [7, 11) is 0. The van der Waals surface area contributed by atoms with Crippen molar-refractivity contribution in [1.29, 1.82) is 0 Å². The summed E-state index contributed by atoms with van der Waals surface area (Å²) in [5.74, 6) is -1.96. The Morgan fingerprint density at radius 2 is 1.85 bits per heavy atom. The third-order valence-corrected chi connectivity index (χ3v) is 4.45. The SMILES string of the molecule is O=C(CN1C(=O)SC(=Cc2ccccc2F)C1=O)Nc1ccccc1O. The van der Waals surface area contributed by atoms with E-state index in [4.69, 9.17) is 0 Å². The predicted molar refractivity (Wildman–Crippen MR) is 95.8 cm³/mol. The Hall–Kier alpha value is -3.13. The number of para-hydroxylation sites is 2. The van der Waals surface area contributed by atoms with E-state index in [-0.39, 0.29) is 21.9 Å². The Morgan fingerprint density at radius 1 is 1.15 bits per heavy atom. The first-order valence-corrected chi connectivity index (χ1v) is 8.35. The first-order chi connectivity index (χ1) is 12.5. The molecule has 6 nitrogen and oxygen atoms in total. The topological polar surface area (TPSA) is 86.7 Å². The molecule has 0 spiro atoms. The molecule has 1 aliphatic heterocycles. The number of carbonyl (C=O) groups excluding carboxylic acids is 3. The Kier molecular flexibility index (Phi) is 5.04. The highest BCUT2D eigenvalue weighted by atomic mass is 32.2. The van der Waals surface area contributed by atoms with Crippen LogP contribution < -0.4 is 5.32 Å². The van der Waals surface area contributed by atoms with Crippen LogP contribution in [0.2, 0.25) is 0 Å². The number of hydrogen-bond donors (Lipinski definition) is 2. The molecule has 2 aromatic rings. The summed E-state index contributed by atoms with van der Waals surface area (Å²) in [5, 5.41) is 11.5. The minimum absolute atomic E-state index is 0.0375. The molecule has 2 aromatic carbocycles. The van der Waals surface area contributed by atoms with E-state index in [1.165, 1.54) is 36.4 Å². The molecule has 1 saturated heterocycles. The van der Waals surface area contributed by atoms with Gasteiger partial charge in [-0.15, -0.1) is 0 Å². The summed E-state index contributed by atoms with van der Waals surface area (Å²) in [4.78, 5) is 37.3. The van der Waals surface area contributed by atoms with Crippen LogP contribution in [0.1, 0.15) is 5.56 Å². The zero-order valence-corrected chi connectivity index (χ0v) is 14.1. The number of phenols is 1. The Morgan fingerprint density at radius 3 is 2.58 bits per heavy atom. The fourth-order valence-electron chi connectivity index (χ4n) is 2.28. The molecule has 0 aliphatic carbocycles. The molecule has 0 radical (unpaired) electrons. The van der Waals surface area contributed by atoms with Crippen molar-refractivity contribution in [2.45, 2.75) is 0 Å². The van der Waals surface area contributed by atoms with Crippen LogP contribution in [0, 0.1) is 5.82 Å². The first kappa shape index (κ1) is 17.7. The second kappa shape index (κ2) is 7.40. The van der Waals surface area contributed by atoms with Gasteiger partial charge in [0.15, 0.2) is 0 Å². The number of carbonyl (C=O) groups is 3. The van der Waals surface area contributed by atoms with Crippen LogP contribution in [-0.4, -0.2) is 33.6 Å². The number of rotatable bonds is 4. The summed E-state index contributed by atoms with van der Waals surface area (Å²) in [6, 6.07) is 11.9. The van der Waals surface area contributed by atoms with Gasteiger partial charge in [0.1, 0.15) is 18.1 Å². The molecule has 0 bridgehead atoms. The van der Waals surface area contributed by atoms with E-state index in [1.807, 2.05) is 0 Å². The number of nitrogens with zero attached hydrogens (tertiary/aromatic N) is 1. The van der Waals surface area contributed by atoms with Gasteiger partial charge < -0.3 is 10.4 Å². The minimum atomic E-state index is -0.671. The molecular formula is C18H13FN2O4S. The van der Waals surface area contributed by atoms with Gasteiger partial charge in [-0.05, 0) is 36.0 Å². The normalized spacial score (nSPS) is 15.6. The van der Waals surface area contributed by atoms with Crippen molar-refractivity contribution in [2.75, 3.05) is 11.9 Å². The number of hydrogen-bond acceptors (Lipinski definition) is 5. The van der Waals surface area contributed by atoms with E-state index in [0.717, 1.165) is 4.90 Å². The van der Waals surface area contributed by atoms with E-state index in [2.05, 4.69) is 5.32 Å². The molecule has 1 aliphatic rings. The fraction of sp³-hybridized carbons (Fsp3) is 0.0556. The lowest BCUT2D eigenvalue weighted by atomic mass is 10.2. The zero-order valence-electron chi connectivity index (χ0n) is 13.3. The summed E-state index contributed by atoms with van der Waals surface area (Å²) in [5.41, 5.74) is 0.350. The van der Waals surface area contributed by atoms with Crippen LogP contribution in [0.15, 0.2) is 53.4 Å². The first-order valence-electron chi connectivity index (χ1n) is 7.53. The van der Waals surface area contributed by atoms with Crippen LogP contribution in [0.5, 0.6) is 5.75 Å². The number of halogens is 1. The average Bonchev–Trinajstić information content (AvgIpc) is 2.86. The van der Waals surface area contributed by atoms with Gasteiger partial charge in [0.25, 0.3) is 11.1 Å². The van der Waals surface area contributed by atoms with Gasteiger partial charge in [-0.3, -0.25) is 19.3 Å². The Balaban J connectivity index is 1.72. The third-order valence-electron chi connectivity index (χ3n) is 3.55. The van der Waals surface area contributed by atoms with Gasteiger partial charge in [-0.25, -0.2) is 4.39 Å². The van der Waals surface area contributed by atoms with Crippen LogP contribution in [0.3, 0.4) is 0 Å². The van der Waals surface area contributed by atoms with Crippen molar-refractivity contribution in [3.63, 3.8) is 0 Å². The van der Waals surface area contributed by atoms with Gasteiger partial charge >= 0.3 is 0 Å². The summed E-state index contributed by atoms with van der Waals surface area (Å²) < 4.78 is 13.7. The lowest BCUT2D eigenvalue weighted by Gasteiger charge is -2.13. The maximum atomic E-state index is 13.7. The van der Waals surface area contributed by atoms with Crippen LogP contribution in [0.4, 0.5) is 14.9 Å². The lowest BCUT2D eigenvalue weighted by Crippen LogP contribution is -2.36. The number of phenolic OH excluding ortho intramolecular Hbond substituents is 1. The summed E-state index contributed by atoms with van der Waals surface area (Å²) in [6.07, 6.45) is 1.28. The average molecular weight is 372 g/mol. The highest BCUT2D eigenvalue weighted by Crippen LogP contribution is 2.32. The minimum Gasteiger partial charge on any atom is -0.506 e. The van der Waals surface area contributed by atoms with Crippen molar-refractivity contribution < 1.29 is 23.9 Å². The van der Waals surface area contributed by atoms with Gasteiger partial charge in [-0.2, -0.15) is 0 Å². The molecule has 0 saturated carbocycles. The Labute approximate surface area is 152 Å². The van der Waals surface area contributed by atoms with Crippen molar-refractivity contribution in [1.82, 2.24) is 4.90 Å². The molecule has 0 unspecified atom stereocenters. The number of aromatic hydroxyl groups is 1. The van der Waals surface area contributed by atoms with Gasteiger partial charge in [0.2, 0.25) is 5.91 Å². The van der Waals surface area contributed by atoms with Crippen LogP contribution in [-0.2, 0) is 9.59 Å². The molecule has 1 fully saturated rings.